The highest BCUT2D eigenvalue weighted by Gasteiger charge is 2.19. The fourth-order valence-corrected chi connectivity index (χ4v) is 2.09. The van der Waals surface area contributed by atoms with E-state index in [1.807, 2.05) is 11.9 Å². The van der Waals surface area contributed by atoms with E-state index in [2.05, 4.69) is 38.0 Å². The third-order valence-electron chi connectivity index (χ3n) is 3.56. The smallest absolute Gasteiger partial charge is 0.256 e. The SMILES string of the molecule is CNc1cnccc1C(=O)N(CCC(C)C)CCC(C)C. The van der Waals surface area contributed by atoms with Crippen molar-refractivity contribution in [3.8, 4) is 0 Å². The molecule has 0 radical (unpaired) electrons. The van der Waals surface area contributed by atoms with Crippen molar-refractivity contribution in [1.29, 1.82) is 0 Å². The van der Waals surface area contributed by atoms with Crippen LogP contribution in [0.5, 0.6) is 0 Å². The number of carbonyl (C=O) groups excluding carboxylic acids is 1. The van der Waals surface area contributed by atoms with Gasteiger partial charge in [-0.15, -0.1) is 0 Å². The van der Waals surface area contributed by atoms with Crippen LogP contribution in [0.3, 0.4) is 0 Å². The second kappa shape index (κ2) is 8.65. The summed E-state index contributed by atoms with van der Waals surface area (Å²) >= 11 is 0. The van der Waals surface area contributed by atoms with Crippen LogP contribution in [0, 0.1) is 11.8 Å². The van der Waals surface area contributed by atoms with Crippen LogP contribution in [0.25, 0.3) is 0 Å². The summed E-state index contributed by atoms with van der Waals surface area (Å²) < 4.78 is 0. The zero-order valence-corrected chi connectivity index (χ0v) is 14.0. The Labute approximate surface area is 129 Å². The Morgan fingerprint density at radius 3 is 2.24 bits per heavy atom. The van der Waals surface area contributed by atoms with E-state index in [4.69, 9.17) is 0 Å². The van der Waals surface area contributed by atoms with Crippen LogP contribution >= 0.6 is 0 Å². The number of carbonyl (C=O) groups is 1. The average Bonchev–Trinajstić information content (AvgIpc) is 2.46. The van der Waals surface area contributed by atoms with Gasteiger partial charge in [-0.2, -0.15) is 0 Å². The van der Waals surface area contributed by atoms with E-state index >= 15 is 0 Å². The summed E-state index contributed by atoms with van der Waals surface area (Å²) in [6.45, 7) is 10.4. The predicted molar refractivity (Wildman–Crippen MR) is 88.6 cm³/mol. The lowest BCUT2D eigenvalue weighted by atomic mass is 10.1. The Balaban J connectivity index is 2.86. The van der Waals surface area contributed by atoms with Gasteiger partial charge in [-0.25, -0.2) is 0 Å². The first-order valence-electron chi connectivity index (χ1n) is 7.86. The minimum Gasteiger partial charge on any atom is -0.386 e. The maximum atomic E-state index is 12.8. The van der Waals surface area contributed by atoms with Gasteiger partial charge in [0.25, 0.3) is 5.91 Å². The molecule has 1 rings (SSSR count). The van der Waals surface area contributed by atoms with Crippen LogP contribution in [0.15, 0.2) is 18.5 Å². The van der Waals surface area contributed by atoms with E-state index in [9.17, 15) is 4.79 Å². The van der Waals surface area contributed by atoms with Crippen LogP contribution in [0.1, 0.15) is 50.9 Å². The van der Waals surface area contributed by atoms with Gasteiger partial charge in [0.15, 0.2) is 0 Å². The first-order valence-corrected chi connectivity index (χ1v) is 7.86. The number of pyridine rings is 1. The topological polar surface area (TPSA) is 45.2 Å². The third kappa shape index (κ3) is 5.74. The lowest BCUT2D eigenvalue weighted by Crippen LogP contribution is -2.34. The van der Waals surface area contributed by atoms with Crippen molar-refractivity contribution in [2.24, 2.45) is 11.8 Å². The fourth-order valence-electron chi connectivity index (χ4n) is 2.09. The number of anilines is 1. The Morgan fingerprint density at radius 2 is 1.76 bits per heavy atom. The van der Waals surface area contributed by atoms with Gasteiger partial charge in [0, 0.05) is 26.3 Å². The Morgan fingerprint density at radius 1 is 1.19 bits per heavy atom. The van der Waals surface area contributed by atoms with Gasteiger partial charge >= 0.3 is 0 Å². The number of hydrogen-bond acceptors (Lipinski definition) is 3. The van der Waals surface area contributed by atoms with E-state index in [0.717, 1.165) is 31.6 Å². The van der Waals surface area contributed by atoms with Crippen LogP contribution in [0.4, 0.5) is 5.69 Å². The van der Waals surface area contributed by atoms with Crippen LogP contribution in [0.2, 0.25) is 0 Å². The first-order chi connectivity index (χ1) is 9.95. The highest BCUT2D eigenvalue weighted by Crippen LogP contribution is 2.17. The first kappa shape index (κ1) is 17.5. The molecule has 4 heteroatoms. The fraction of sp³-hybridized carbons (Fsp3) is 0.647. The molecular formula is C17H29N3O. The maximum absolute atomic E-state index is 12.8. The summed E-state index contributed by atoms with van der Waals surface area (Å²) in [7, 11) is 1.82. The molecule has 118 valence electrons. The molecule has 0 aromatic carbocycles. The monoisotopic (exact) mass is 291 g/mol. The van der Waals surface area contributed by atoms with Crippen molar-refractivity contribution in [1.82, 2.24) is 9.88 Å². The van der Waals surface area contributed by atoms with Crippen molar-refractivity contribution in [2.75, 3.05) is 25.5 Å². The van der Waals surface area contributed by atoms with Crippen LogP contribution < -0.4 is 5.32 Å². The van der Waals surface area contributed by atoms with Crippen molar-refractivity contribution >= 4 is 11.6 Å². The zero-order chi connectivity index (χ0) is 15.8. The molecule has 0 fully saturated rings. The molecule has 0 aliphatic heterocycles. The molecule has 0 unspecified atom stereocenters. The quantitative estimate of drug-likeness (QED) is 0.795. The lowest BCUT2D eigenvalue weighted by molar-refractivity contribution is 0.0741. The summed E-state index contributed by atoms with van der Waals surface area (Å²) in [4.78, 5) is 18.9. The standard InChI is InChI=1S/C17H29N3O/c1-13(2)7-10-20(11-8-14(3)4)17(21)15-6-9-19-12-16(15)18-5/h6,9,12-14,18H,7-8,10-11H2,1-5H3. The molecule has 1 aromatic heterocycles. The molecule has 0 saturated heterocycles. The van der Waals surface area contributed by atoms with E-state index in [1.54, 1.807) is 18.5 Å². The Kier molecular flexibility index (Phi) is 7.20. The van der Waals surface area contributed by atoms with Gasteiger partial charge in [-0.1, -0.05) is 27.7 Å². The number of amides is 1. The van der Waals surface area contributed by atoms with Gasteiger partial charge < -0.3 is 10.2 Å². The average molecular weight is 291 g/mol. The molecule has 0 atom stereocenters. The zero-order valence-electron chi connectivity index (χ0n) is 14.0. The predicted octanol–water partition coefficient (Wildman–Crippen LogP) is 3.66. The van der Waals surface area contributed by atoms with Gasteiger partial charge in [0.1, 0.15) is 0 Å². The molecule has 1 N–H and O–H groups in total. The molecule has 4 nitrogen and oxygen atoms in total. The number of hydrogen-bond donors (Lipinski definition) is 1. The van der Waals surface area contributed by atoms with Crippen LogP contribution in [-0.4, -0.2) is 35.9 Å². The molecule has 0 bridgehead atoms. The normalized spacial score (nSPS) is 11.0. The number of rotatable bonds is 8. The molecule has 21 heavy (non-hydrogen) atoms. The number of nitrogens with one attached hydrogen (secondary N) is 1. The molecule has 1 heterocycles. The maximum Gasteiger partial charge on any atom is 0.256 e. The minimum absolute atomic E-state index is 0.100. The number of nitrogens with zero attached hydrogens (tertiary/aromatic N) is 2. The van der Waals surface area contributed by atoms with Crippen LogP contribution in [-0.2, 0) is 0 Å². The van der Waals surface area contributed by atoms with Crippen molar-refractivity contribution in [3.63, 3.8) is 0 Å². The molecule has 1 aromatic rings. The molecular weight excluding hydrogens is 262 g/mol. The van der Waals surface area contributed by atoms with Gasteiger partial charge in [-0.3, -0.25) is 9.78 Å². The van der Waals surface area contributed by atoms with E-state index in [1.165, 1.54) is 0 Å². The molecule has 0 aliphatic carbocycles. The second-order valence-corrected chi connectivity index (χ2v) is 6.33. The van der Waals surface area contributed by atoms with E-state index in [-0.39, 0.29) is 5.91 Å². The van der Waals surface area contributed by atoms with Crippen molar-refractivity contribution < 1.29 is 4.79 Å². The van der Waals surface area contributed by atoms with E-state index in [0.29, 0.717) is 17.4 Å². The van der Waals surface area contributed by atoms with Crippen molar-refractivity contribution in [2.45, 2.75) is 40.5 Å². The second-order valence-electron chi connectivity index (χ2n) is 6.33. The molecule has 0 spiro atoms. The Bertz CT molecular complexity index is 431. The summed E-state index contributed by atoms with van der Waals surface area (Å²) in [5.74, 6) is 1.30. The largest absolute Gasteiger partial charge is 0.386 e. The van der Waals surface area contributed by atoms with E-state index < -0.39 is 0 Å². The molecule has 0 saturated carbocycles. The van der Waals surface area contributed by atoms with Gasteiger partial charge in [0.05, 0.1) is 17.4 Å². The summed E-state index contributed by atoms with van der Waals surface area (Å²) in [5, 5.41) is 3.05. The van der Waals surface area contributed by atoms with Crippen molar-refractivity contribution in [3.05, 3.63) is 24.0 Å². The summed E-state index contributed by atoms with van der Waals surface area (Å²) in [5.41, 5.74) is 1.50. The van der Waals surface area contributed by atoms with Gasteiger partial charge in [0.2, 0.25) is 0 Å². The lowest BCUT2D eigenvalue weighted by Gasteiger charge is -2.25. The molecule has 1 amide bonds. The third-order valence-corrected chi connectivity index (χ3v) is 3.56. The summed E-state index contributed by atoms with van der Waals surface area (Å²) in [6, 6.07) is 1.80. The number of aromatic nitrogens is 1. The summed E-state index contributed by atoms with van der Waals surface area (Å²) in [6.07, 6.45) is 5.45. The highest BCUT2D eigenvalue weighted by atomic mass is 16.2. The van der Waals surface area contributed by atoms with Gasteiger partial charge in [-0.05, 0) is 30.7 Å². The highest BCUT2D eigenvalue weighted by molar-refractivity contribution is 5.99. The Hall–Kier alpha value is -1.58. The minimum atomic E-state index is 0.100. The molecule has 0 aliphatic rings.